The van der Waals surface area contributed by atoms with E-state index < -0.39 is 10.0 Å². The second kappa shape index (κ2) is 10.2. The second-order valence-corrected chi connectivity index (χ2v) is 8.48. The van der Waals surface area contributed by atoms with Crippen LogP contribution in [0.4, 0.5) is 5.69 Å². The molecule has 0 aliphatic heterocycles. The van der Waals surface area contributed by atoms with Gasteiger partial charge in [-0.1, -0.05) is 31.5 Å². The van der Waals surface area contributed by atoms with Gasteiger partial charge in [0.2, 0.25) is 5.91 Å². The molecule has 2 rings (SSSR count). The number of methoxy groups -OCH3 is 2. The molecule has 0 radical (unpaired) electrons. The molecular formula is C21H28N2O5S. The fraction of sp³-hybridized carbons (Fsp3) is 0.381. The van der Waals surface area contributed by atoms with Crippen molar-refractivity contribution in [3.05, 3.63) is 48.5 Å². The van der Waals surface area contributed by atoms with Crippen molar-refractivity contribution in [3.8, 4) is 11.5 Å². The quantitative estimate of drug-likeness (QED) is 0.638. The topological polar surface area (TPSA) is 84.9 Å². The fourth-order valence-electron chi connectivity index (χ4n) is 2.97. The predicted molar refractivity (Wildman–Crippen MR) is 113 cm³/mol. The average molecular weight is 421 g/mol. The summed E-state index contributed by atoms with van der Waals surface area (Å²) in [5.74, 6) is 0.422. The van der Waals surface area contributed by atoms with Crippen molar-refractivity contribution in [2.75, 3.05) is 25.1 Å². The first kappa shape index (κ1) is 22.5. The molecule has 0 aliphatic carbocycles. The molecular weight excluding hydrogens is 392 g/mol. The number of sulfonamides is 1. The molecule has 0 fully saturated rings. The molecule has 29 heavy (non-hydrogen) atoms. The minimum atomic E-state index is -4.00. The van der Waals surface area contributed by atoms with Crippen LogP contribution in [-0.2, 0) is 14.8 Å². The molecule has 0 aromatic heterocycles. The van der Waals surface area contributed by atoms with E-state index >= 15 is 0 Å². The molecule has 1 amide bonds. The van der Waals surface area contributed by atoms with Gasteiger partial charge in [0.1, 0.15) is 18.0 Å². The van der Waals surface area contributed by atoms with E-state index in [9.17, 15) is 13.2 Å². The number of amides is 1. The molecule has 158 valence electrons. The molecule has 0 aliphatic rings. The minimum absolute atomic E-state index is 0.0495. The van der Waals surface area contributed by atoms with Crippen molar-refractivity contribution in [1.82, 2.24) is 5.32 Å². The van der Waals surface area contributed by atoms with Crippen LogP contribution in [0.15, 0.2) is 53.4 Å². The number of carbonyl (C=O) groups excluding carboxylic acids is 1. The number of hydrogen-bond donors (Lipinski definition) is 1. The van der Waals surface area contributed by atoms with Gasteiger partial charge in [0, 0.05) is 12.1 Å². The fourth-order valence-corrected chi connectivity index (χ4v) is 4.42. The number of ether oxygens (including phenoxy) is 2. The summed E-state index contributed by atoms with van der Waals surface area (Å²) in [5, 5.41) is 2.85. The first-order chi connectivity index (χ1) is 13.8. The molecule has 8 heteroatoms. The van der Waals surface area contributed by atoms with E-state index in [-0.39, 0.29) is 29.1 Å². The molecule has 0 saturated heterocycles. The van der Waals surface area contributed by atoms with Crippen molar-refractivity contribution < 1.29 is 22.7 Å². The summed E-state index contributed by atoms with van der Waals surface area (Å²) >= 11 is 0. The molecule has 0 bridgehead atoms. The van der Waals surface area contributed by atoms with E-state index in [1.807, 2.05) is 13.8 Å². The Morgan fingerprint density at radius 2 is 1.79 bits per heavy atom. The highest BCUT2D eigenvalue weighted by molar-refractivity contribution is 7.92. The maximum absolute atomic E-state index is 13.4. The summed E-state index contributed by atoms with van der Waals surface area (Å²) in [5.41, 5.74) is 0.260. The zero-order valence-electron chi connectivity index (χ0n) is 17.2. The molecule has 0 unspecified atom stereocenters. The van der Waals surface area contributed by atoms with E-state index in [1.165, 1.54) is 26.4 Å². The van der Waals surface area contributed by atoms with Gasteiger partial charge in [0.05, 0.1) is 24.8 Å². The lowest BCUT2D eigenvalue weighted by Gasteiger charge is -2.26. The second-order valence-electron chi connectivity index (χ2n) is 6.62. The molecule has 2 aromatic rings. The zero-order chi connectivity index (χ0) is 21.4. The van der Waals surface area contributed by atoms with Crippen molar-refractivity contribution >= 4 is 21.6 Å². The van der Waals surface area contributed by atoms with Crippen LogP contribution in [0.2, 0.25) is 0 Å². The van der Waals surface area contributed by atoms with Crippen LogP contribution < -0.4 is 19.1 Å². The first-order valence-electron chi connectivity index (χ1n) is 9.42. The Morgan fingerprint density at radius 1 is 1.10 bits per heavy atom. The normalized spacial score (nSPS) is 12.1. The van der Waals surface area contributed by atoms with E-state index in [2.05, 4.69) is 5.32 Å². The molecule has 0 spiro atoms. The molecule has 1 atom stereocenters. The van der Waals surface area contributed by atoms with Crippen LogP contribution in [0, 0.1) is 0 Å². The van der Waals surface area contributed by atoms with Gasteiger partial charge in [0.15, 0.2) is 0 Å². The summed E-state index contributed by atoms with van der Waals surface area (Å²) < 4.78 is 38.4. The number of carbonyl (C=O) groups is 1. The third-order valence-corrected chi connectivity index (χ3v) is 6.18. The van der Waals surface area contributed by atoms with Gasteiger partial charge in [-0.2, -0.15) is 0 Å². The molecule has 0 saturated carbocycles. The highest BCUT2D eigenvalue weighted by Crippen LogP contribution is 2.35. The van der Waals surface area contributed by atoms with Gasteiger partial charge in [-0.15, -0.1) is 0 Å². The maximum Gasteiger partial charge on any atom is 0.264 e. The van der Waals surface area contributed by atoms with Gasteiger partial charge < -0.3 is 14.8 Å². The van der Waals surface area contributed by atoms with Crippen LogP contribution in [0.1, 0.15) is 26.7 Å². The Balaban J connectivity index is 2.48. The van der Waals surface area contributed by atoms with Crippen molar-refractivity contribution in [3.63, 3.8) is 0 Å². The van der Waals surface area contributed by atoms with Crippen LogP contribution >= 0.6 is 0 Å². The highest BCUT2D eigenvalue weighted by Gasteiger charge is 2.29. The lowest BCUT2D eigenvalue weighted by atomic mass is 10.2. The molecule has 2 aromatic carbocycles. The van der Waals surface area contributed by atoms with E-state index in [0.29, 0.717) is 11.5 Å². The third-order valence-electron chi connectivity index (χ3n) is 4.40. The summed E-state index contributed by atoms with van der Waals surface area (Å²) in [7, 11) is -1.05. The summed E-state index contributed by atoms with van der Waals surface area (Å²) in [6.45, 7) is 3.55. The number of anilines is 1. The Bertz CT molecular complexity index is 916. The maximum atomic E-state index is 13.4. The van der Waals surface area contributed by atoms with Crippen LogP contribution in [0.3, 0.4) is 0 Å². The monoisotopic (exact) mass is 420 g/mol. The van der Waals surface area contributed by atoms with Gasteiger partial charge in [-0.3, -0.25) is 9.10 Å². The van der Waals surface area contributed by atoms with Gasteiger partial charge >= 0.3 is 0 Å². The Morgan fingerprint density at radius 3 is 2.38 bits per heavy atom. The third kappa shape index (κ3) is 5.63. The number of hydrogen-bond acceptors (Lipinski definition) is 5. The highest BCUT2D eigenvalue weighted by atomic mass is 32.2. The van der Waals surface area contributed by atoms with E-state index in [0.717, 1.165) is 17.1 Å². The first-order valence-corrected chi connectivity index (χ1v) is 10.9. The average Bonchev–Trinajstić information content (AvgIpc) is 2.72. The van der Waals surface area contributed by atoms with Crippen molar-refractivity contribution in [2.45, 2.75) is 37.6 Å². The van der Waals surface area contributed by atoms with Crippen LogP contribution in [-0.4, -0.2) is 41.1 Å². The lowest BCUT2D eigenvalue weighted by Crippen LogP contribution is -2.43. The Hall–Kier alpha value is -2.74. The van der Waals surface area contributed by atoms with Crippen molar-refractivity contribution in [2.24, 2.45) is 0 Å². The predicted octanol–water partition coefficient (Wildman–Crippen LogP) is 3.20. The van der Waals surface area contributed by atoms with Crippen LogP contribution in [0.25, 0.3) is 0 Å². The van der Waals surface area contributed by atoms with Crippen LogP contribution in [0.5, 0.6) is 11.5 Å². The number of rotatable bonds is 10. The summed E-state index contributed by atoms with van der Waals surface area (Å²) in [6.07, 6.45) is 1.73. The Labute approximate surface area is 172 Å². The van der Waals surface area contributed by atoms with Crippen molar-refractivity contribution in [1.29, 1.82) is 0 Å². The summed E-state index contributed by atoms with van der Waals surface area (Å²) in [6, 6.07) is 12.7. The van der Waals surface area contributed by atoms with Gasteiger partial charge in [-0.05, 0) is 37.6 Å². The lowest BCUT2D eigenvalue weighted by molar-refractivity contribution is -0.120. The standard InChI is InChI=1S/C21H28N2O5S/c1-5-9-16(2)22-21(24)15-23(29(25,26)18-10-7-6-8-11-18)19-13-12-17(27-3)14-20(19)28-4/h6-8,10-14,16H,5,9,15H2,1-4H3,(H,22,24)/t16-/m0/s1. The van der Waals surface area contributed by atoms with Gasteiger partial charge in [0.25, 0.3) is 10.0 Å². The van der Waals surface area contributed by atoms with E-state index in [1.54, 1.807) is 36.4 Å². The summed E-state index contributed by atoms with van der Waals surface area (Å²) in [4.78, 5) is 12.7. The number of benzene rings is 2. The van der Waals surface area contributed by atoms with Gasteiger partial charge in [-0.25, -0.2) is 8.42 Å². The molecule has 7 nitrogen and oxygen atoms in total. The molecule has 0 heterocycles. The SMILES string of the molecule is CCC[C@H](C)NC(=O)CN(c1ccc(OC)cc1OC)S(=O)(=O)c1ccccc1. The van der Waals surface area contributed by atoms with E-state index in [4.69, 9.17) is 9.47 Å². The molecule has 1 N–H and O–H groups in total. The number of nitrogens with one attached hydrogen (secondary N) is 1. The zero-order valence-corrected chi connectivity index (χ0v) is 18.0. The smallest absolute Gasteiger partial charge is 0.264 e. The Kier molecular flexibility index (Phi) is 7.90. The minimum Gasteiger partial charge on any atom is -0.497 e. The largest absolute Gasteiger partial charge is 0.497 e. The number of nitrogens with zero attached hydrogens (tertiary/aromatic N) is 1.